The number of hydrogen-bond donors (Lipinski definition) is 0. The average Bonchev–Trinajstić information content (AvgIpc) is 2.26. The molecule has 2 rings (SSSR count). The quantitative estimate of drug-likeness (QED) is 0.777. The van der Waals surface area contributed by atoms with Gasteiger partial charge in [0.25, 0.3) is 0 Å². The van der Waals surface area contributed by atoms with Gasteiger partial charge >= 0.3 is 0 Å². The Morgan fingerprint density at radius 1 is 1.18 bits per heavy atom. The first kappa shape index (κ1) is 11.9. The summed E-state index contributed by atoms with van der Waals surface area (Å²) < 4.78 is 5.35. The van der Waals surface area contributed by atoms with Gasteiger partial charge in [-0.3, -0.25) is 4.79 Å². The summed E-state index contributed by atoms with van der Waals surface area (Å²) in [7, 11) is 1.66. The van der Waals surface area contributed by atoms with E-state index in [1.807, 2.05) is 24.3 Å². The monoisotopic (exact) mass is 230 g/mol. The fraction of sp³-hybridized carbons (Fsp3) is 0.400. The Morgan fingerprint density at radius 3 is 2.53 bits per heavy atom. The molecule has 1 aliphatic carbocycles. The minimum Gasteiger partial charge on any atom is -0.496 e. The SMILES string of the molecule is COc1ccccc1C1=CC(=O)CC(C)(C)C1. The van der Waals surface area contributed by atoms with E-state index in [4.69, 9.17) is 4.74 Å². The van der Waals surface area contributed by atoms with E-state index < -0.39 is 0 Å². The van der Waals surface area contributed by atoms with Crippen molar-refractivity contribution in [2.24, 2.45) is 5.41 Å². The van der Waals surface area contributed by atoms with Crippen LogP contribution in [0.1, 0.15) is 32.3 Å². The minimum atomic E-state index is 0.0437. The van der Waals surface area contributed by atoms with E-state index in [2.05, 4.69) is 13.8 Å². The maximum absolute atomic E-state index is 11.7. The lowest BCUT2D eigenvalue weighted by Gasteiger charge is -2.29. The van der Waals surface area contributed by atoms with Crippen LogP contribution in [0, 0.1) is 5.41 Å². The first-order valence-corrected chi connectivity index (χ1v) is 5.89. The molecule has 0 saturated carbocycles. The van der Waals surface area contributed by atoms with Gasteiger partial charge in [-0.05, 0) is 29.6 Å². The van der Waals surface area contributed by atoms with Crippen molar-refractivity contribution < 1.29 is 9.53 Å². The number of para-hydroxylation sites is 1. The van der Waals surface area contributed by atoms with Crippen molar-refractivity contribution in [3.05, 3.63) is 35.9 Å². The highest BCUT2D eigenvalue weighted by molar-refractivity contribution is 5.99. The van der Waals surface area contributed by atoms with Gasteiger partial charge in [0.2, 0.25) is 0 Å². The third-order valence-electron chi connectivity index (χ3n) is 3.11. The highest BCUT2D eigenvalue weighted by atomic mass is 16.5. The molecule has 2 nitrogen and oxygen atoms in total. The summed E-state index contributed by atoms with van der Waals surface area (Å²) in [6.45, 7) is 4.26. The molecule has 0 saturated heterocycles. The predicted octanol–water partition coefficient (Wildman–Crippen LogP) is 3.47. The van der Waals surface area contributed by atoms with Crippen LogP contribution in [0.15, 0.2) is 30.3 Å². The normalized spacial score (nSPS) is 18.8. The van der Waals surface area contributed by atoms with Crippen LogP contribution >= 0.6 is 0 Å². The molecule has 17 heavy (non-hydrogen) atoms. The molecule has 1 aromatic carbocycles. The zero-order valence-corrected chi connectivity index (χ0v) is 10.6. The van der Waals surface area contributed by atoms with E-state index in [0.717, 1.165) is 23.3 Å². The van der Waals surface area contributed by atoms with Gasteiger partial charge in [-0.2, -0.15) is 0 Å². The number of allylic oxidation sites excluding steroid dienone is 2. The fourth-order valence-electron chi connectivity index (χ4n) is 2.43. The van der Waals surface area contributed by atoms with Crippen LogP contribution in [0.25, 0.3) is 5.57 Å². The number of hydrogen-bond acceptors (Lipinski definition) is 2. The second-order valence-corrected chi connectivity index (χ2v) is 5.35. The Labute approximate surface area is 102 Å². The number of ketones is 1. The van der Waals surface area contributed by atoms with Crippen molar-refractivity contribution >= 4 is 11.4 Å². The van der Waals surface area contributed by atoms with Crippen LogP contribution in [0.4, 0.5) is 0 Å². The smallest absolute Gasteiger partial charge is 0.156 e. The Morgan fingerprint density at radius 2 is 1.88 bits per heavy atom. The van der Waals surface area contributed by atoms with Crippen molar-refractivity contribution in [1.29, 1.82) is 0 Å². The van der Waals surface area contributed by atoms with Crippen molar-refractivity contribution in [1.82, 2.24) is 0 Å². The Balaban J connectivity index is 2.43. The van der Waals surface area contributed by atoms with Crippen LogP contribution in [0.5, 0.6) is 5.75 Å². The van der Waals surface area contributed by atoms with Crippen molar-refractivity contribution in [3.8, 4) is 5.75 Å². The fourth-order valence-corrected chi connectivity index (χ4v) is 2.43. The predicted molar refractivity (Wildman–Crippen MR) is 69.0 cm³/mol. The molecule has 0 N–H and O–H groups in total. The molecule has 0 aromatic heterocycles. The molecule has 0 bridgehead atoms. The van der Waals surface area contributed by atoms with Gasteiger partial charge in [0, 0.05) is 12.0 Å². The second-order valence-electron chi connectivity index (χ2n) is 5.35. The molecule has 0 atom stereocenters. The lowest BCUT2D eigenvalue weighted by molar-refractivity contribution is -0.116. The van der Waals surface area contributed by atoms with Gasteiger partial charge in [0.15, 0.2) is 5.78 Å². The zero-order chi connectivity index (χ0) is 12.5. The Hall–Kier alpha value is -1.57. The van der Waals surface area contributed by atoms with Gasteiger partial charge < -0.3 is 4.74 Å². The first-order chi connectivity index (χ1) is 8.02. The molecule has 2 heteroatoms. The van der Waals surface area contributed by atoms with E-state index >= 15 is 0 Å². The van der Waals surface area contributed by atoms with Crippen molar-refractivity contribution in [2.45, 2.75) is 26.7 Å². The molecule has 0 aliphatic heterocycles. The van der Waals surface area contributed by atoms with Crippen LogP contribution in [-0.4, -0.2) is 12.9 Å². The van der Waals surface area contributed by atoms with E-state index in [1.165, 1.54) is 0 Å². The number of carbonyl (C=O) groups is 1. The minimum absolute atomic E-state index is 0.0437. The highest BCUT2D eigenvalue weighted by Crippen LogP contribution is 2.40. The van der Waals surface area contributed by atoms with Crippen molar-refractivity contribution in [2.75, 3.05) is 7.11 Å². The molecule has 1 aliphatic rings. The topological polar surface area (TPSA) is 26.3 Å². The van der Waals surface area contributed by atoms with Gasteiger partial charge in [0.1, 0.15) is 5.75 Å². The maximum Gasteiger partial charge on any atom is 0.156 e. The van der Waals surface area contributed by atoms with Gasteiger partial charge in [0.05, 0.1) is 7.11 Å². The molecular formula is C15H18O2. The molecule has 0 unspecified atom stereocenters. The average molecular weight is 230 g/mol. The zero-order valence-electron chi connectivity index (χ0n) is 10.6. The van der Waals surface area contributed by atoms with E-state index in [0.29, 0.717) is 6.42 Å². The van der Waals surface area contributed by atoms with Crippen LogP contribution in [-0.2, 0) is 4.79 Å². The molecule has 0 fully saturated rings. The summed E-state index contributed by atoms with van der Waals surface area (Å²) in [5.74, 6) is 1.05. The molecule has 1 aromatic rings. The third-order valence-corrected chi connectivity index (χ3v) is 3.11. The summed E-state index contributed by atoms with van der Waals surface area (Å²) in [6, 6.07) is 7.87. The maximum atomic E-state index is 11.7. The van der Waals surface area contributed by atoms with E-state index in [-0.39, 0.29) is 11.2 Å². The Kier molecular flexibility index (Phi) is 3.05. The van der Waals surface area contributed by atoms with Crippen molar-refractivity contribution in [3.63, 3.8) is 0 Å². The number of carbonyl (C=O) groups excluding carboxylic acids is 1. The molecule has 0 heterocycles. The molecule has 0 amide bonds. The van der Waals surface area contributed by atoms with Gasteiger partial charge in [-0.1, -0.05) is 32.0 Å². The second kappa shape index (κ2) is 4.36. The van der Waals surface area contributed by atoms with E-state index in [1.54, 1.807) is 13.2 Å². The third kappa shape index (κ3) is 2.57. The summed E-state index contributed by atoms with van der Waals surface area (Å²) >= 11 is 0. The lowest BCUT2D eigenvalue weighted by Crippen LogP contribution is -2.21. The molecule has 0 radical (unpaired) electrons. The summed E-state index contributed by atoms with van der Waals surface area (Å²) in [5, 5.41) is 0. The van der Waals surface area contributed by atoms with Gasteiger partial charge in [-0.15, -0.1) is 0 Å². The number of benzene rings is 1. The van der Waals surface area contributed by atoms with Crippen LogP contribution in [0.3, 0.4) is 0 Å². The summed E-state index contributed by atoms with van der Waals surface area (Å²) in [4.78, 5) is 11.7. The van der Waals surface area contributed by atoms with Crippen LogP contribution in [0.2, 0.25) is 0 Å². The number of ether oxygens (including phenoxy) is 1. The summed E-state index contributed by atoms with van der Waals surface area (Å²) in [5.41, 5.74) is 2.17. The first-order valence-electron chi connectivity index (χ1n) is 5.89. The molecule has 90 valence electrons. The lowest BCUT2D eigenvalue weighted by atomic mass is 9.75. The Bertz CT molecular complexity index is 470. The number of rotatable bonds is 2. The van der Waals surface area contributed by atoms with E-state index in [9.17, 15) is 4.79 Å². The molecular weight excluding hydrogens is 212 g/mol. The highest BCUT2D eigenvalue weighted by Gasteiger charge is 2.28. The molecule has 0 spiro atoms. The largest absolute Gasteiger partial charge is 0.496 e. The van der Waals surface area contributed by atoms with Crippen LogP contribution < -0.4 is 4.74 Å². The van der Waals surface area contributed by atoms with Gasteiger partial charge in [-0.25, -0.2) is 0 Å². The number of methoxy groups -OCH3 is 1. The summed E-state index contributed by atoms with van der Waals surface area (Å²) in [6.07, 6.45) is 3.31. The standard InChI is InChI=1S/C15H18O2/c1-15(2)9-11(8-12(16)10-15)13-6-4-5-7-14(13)17-3/h4-8H,9-10H2,1-3H3.